The summed E-state index contributed by atoms with van der Waals surface area (Å²) < 4.78 is 12.0. The number of amides is 1. The van der Waals surface area contributed by atoms with Crippen LogP contribution in [-0.2, 0) is 14.3 Å². The molecule has 23 heavy (non-hydrogen) atoms. The van der Waals surface area contributed by atoms with Gasteiger partial charge in [-0.05, 0) is 32.2 Å². The Morgan fingerprint density at radius 3 is 2.43 bits per heavy atom. The summed E-state index contributed by atoms with van der Waals surface area (Å²) in [6, 6.07) is 0. The first kappa shape index (κ1) is 17.2. The Hall–Kier alpha value is -0.650. The second-order valence-corrected chi connectivity index (χ2v) is 7.17. The monoisotopic (exact) mass is 324 g/mol. The topological polar surface area (TPSA) is 42.0 Å². The molecular weight excluding hydrogens is 292 g/mol. The van der Waals surface area contributed by atoms with Crippen LogP contribution in [0.25, 0.3) is 0 Å². The molecule has 1 atom stereocenters. The fourth-order valence-electron chi connectivity index (χ4n) is 4.03. The van der Waals surface area contributed by atoms with Gasteiger partial charge in [-0.3, -0.25) is 9.69 Å². The number of morpholine rings is 1. The molecule has 0 aromatic heterocycles. The van der Waals surface area contributed by atoms with Gasteiger partial charge in [0.15, 0.2) is 0 Å². The lowest BCUT2D eigenvalue weighted by Crippen LogP contribution is -2.53. The van der Waals surface area contributed by atoms with E-state index in [1.165, 1.54) is 32.1 Å². The van der Waals surface area contributed by atoms with Crippen molar-refractivity contribution in [3.8, 4) is 0 Å². The van der Waals surface area contributed by atoms with Crippen molar-refractivity contribution in [2.75, 3.05) is 39.3 Å². The number of carbonyl (C=O) groups is 1. The maximum absolute atomic E-state index is 12.6. The van der Waals surface area contributed by atoms with E-state index in [1.807, 2.05) is 4.90 Å². The molecule has 3 rings (SSSR count). The van der Waals surface area contributed by atoms with Gasteiger partial charge in [0.25, 0.3) is 5.91 Å². The molecular formula is C18H32N2O3. The second kappa shape index (κ2) is 8.45. The molecule has 3 aliphatic rings. The Balaban J connectivity index is 1.42. The van der Waals surface area contributed by atoms with E-state index in [0.717, 1.165) is 45.6 Å². The molecule has 0 radical (unpaired) electrons. The first-order valence-corrected chi connectivity index (χ1v) is 9.54. The zero-order valence-corrected chi connectivity index (χ0v) is 14.5. The number of likely N-dealkylation sites (N-methyl/N-ethyl adjacent to an activating group) is 1. The molecule has 5 heteroatoms. The van der Waals surface area contributed by atoms with E-state index < -0.39 is 0 Å². The van der Waals surface area contributed by atoms with Gasteiger partial charge < -0.3 is 14.4 Å². The summed E-state index contributed by atoms with van der Waals surface area (Å²) in [5.41, 5.74) is 0. The smallest absolute Gasteiger partial charge is 0.253 e. The standard InChI is InChI=1S/C18H32N2O3/c1-2-19-12-13-22-17(14-19)18(21)20-10-8-16(9-11-20)23-15-6-4-3-5-7-15/h15-17H,2-14H2,1H3/t17-/m0/s1. The molecule has 1 aliphatic carbocycles. The van der Waals surface area contributed by atoms with E-state index in [0.29, 0.717) is 18.8 Å². The Morgan fingerprint density at radius 2 is 1.74 bits per heavy atom. The number of rotatable bonds is 4. The maximum Gasteiger partial charge on any atom is 0.253 e. The van der Waals surface area contributed by atoms with Crippen molar-refractivity contribution < 1.29 is 14.3 Å². The zero-order chi connectivity index (χ0) is 16.1. The third-order valence-electron chi connectivity index (χ3n) is 5.56. The van der Waals surface area contributed by atoms with E-state index in [2.05, 4.69) is 11.8 Å². The predicted octanol–water partition coefficient (Wildman–Crippen LogP) is 2.05. The average molecular weight is 324 g/mol. The molecule has 1 amide bonds. The molecule has 0 spiro atoms. The molecule has 0 N–H and O–H groups in total. The molecule has 0 aromatic rings. The number of hydrogen-bond acceptors (Lipinski definition) is 4. The fraction of sp³-hybridized carbons (Fsp3) is 0.944. The SMILES string of the molecule is CCN1CCO[C@H](C(=O)N2CCC(OC3CCCCC3)CC2)C1. The van der Waals surface area contributed by atoms with Crippen LogP contribution in [0.1, 0.15) is 51.9 Å². The van der Waals surface area contributed by atoms with Crippen LogP contribution in [0.15, 0.2) is 0 Å². The van der Waals surface area contributed by atoms with Crippen molar-refractivity contribution >= 4 is 5.91 Å². The number of ether oxygens (including phenoxy) is 2. The molecule has 3 fully saturated rings. The van der Waals surface area contributed by atoms with Crippen LogP contribution in [0.2, 0.25) is 0 Å². The van der Waals surface area contributed by atoms with Crippen molar-refractivity contribution in [1.29, 1.82) is 0 Å². The molecule has 0 bridgehead atoms. The first-order chi connectivity index (χ1) is 11.3. The second-order valence-electron chi connectivity index (χ2n) is 7.17. The Bertz CT molecular complexity index is 376. The summed E-state index contributed by atoms with van der Waals surface area (Å²) in [5, 5.41) is 0. The van der Waals surface area contributed by atoms with Gasteiger partial charge >= 0.3 is 0 Å². The zero-order valence-electron chi connectivity index (χ0n) is 14.5. The van der Waals surface area contributed by atoms with Gasteiger partial charge in [-0.15, -0.1) is 0 Å². The quantitative estimate of drug-likeness (QED) is 0.794. The van der Waals surface area contributed by atoms with E-state index in [4.69, 9.17) is 9.47 Å². The number of likely N-dealkylation sites (tertiary alicyclic amines) is 1. The third-order valence-corrected chi connectivity index (χ3v) is 5.56. The Kier molecular flexibility index (Phi) is 6.31. The molecule has 0 aromatic carbocycles. The third kappa shape index (κ3) is 4.68. The number of nitrogens with zero attached hydrogens (tertiary/aromatic N) is 2. The Morgan fingerprint density at radius 1 is 1.04 bits per heavy atom. The van der Waals surface area contributed by atoms with Crippen molar-refractivity contribution in [1.82, 2.24) is 9.80 Å². The molecule has 132 valence electrons. The molecule has 2 heterocycles. The average Bonchev–Trinajstić information content (AvgIpc) is 2.63. The van der Waals surface area contributed by atoms with E-state index in [-0.39, 0.29) is 12.0 Å². The van der Waals surface area contributed by atoms with E-state index in [9.17, 15) is 4.79 Å². The predicted molar refractivity (Wildman–Crippen MR) is 89.4 cm³/mol. The lowest BCUT2D eigenvalue weighted by atomic mass is 9.97. The summed E-state index contributed by atoms with van der Waals surface area (Å²) in [5.74, 6) is 0.180. The van der Waals surface area contributed by atoms with Crippen LogP contribution in [-0.4, -0.2) is 73.3 Å². The highest BCUT2D eigenvalue weighted by Gasteiger charge is 2.32. The number of hydrogen-bond donors (Lipinski definition) is 0. The lowest BCUT2D eigenvalue weighted by Gasteiger charge is -2.38. The van der Waals surface area contributed by atoms with Crippen LogP contribution in [0, 0.1) is 0 Å². The molecule has 0 unspecified atom stereocenters. The van der Waals surface area contributed by atoms with Gasteiger partial charge in [0.2, 0.25) is 0 Å². The van der Waals surface area contributed by atoms with Crippen molar-refractivity contribution in [2.45, 2.75) is 70.2 Å². The minimum Gasteiger partial charge on any atom is -0.375 e. The van der Waals surface area contributed by atoms with E-state index >= 15 is 0 Å². The van der Waals surface area contributed by atoms with Crippen LogP contribution in [0.5, 0.6) is 0 Å². The highest BCUT2D eigenvalue weighted by atomic mass is 16.5. The van der Waals surface area contributed by atoms with Crippen LogP contribution in [0.3, 0.4) is 0 Å². The highest BCUT2D eigenvalue weighted by molar-refractivity contribution is 5.81. The summed E-state index contributed by atoms with van der Waals surface area (Å²) >= 11 is 0. The van der Waals surface area contributed by atoms with Crippen molar-refractivity contribution in [2.24, 2.45) is 0 Å². The molecule has 2 saturated heterocycles. The first-order valence-electron chi connectivity index (χ1n) is 9.54. The van der Waals surface area contributed by atoms with Gasteiger partial charge in [-0.2, -0.15) is 0 Å². The van der Waals surface area contributed by atoms with Gasteiger partial charge in [-0.1, -0.05) is 26.2 Å². The molecule has 1 saturated carbocycles. The van der Waals surface area contributed by atoms with Crippen LogP contribution < -0.4 is 0 Å². The normalized spacial score (nSPS) is 28.9. The Labute approximate surface area is 140 Å². The number of piperidine rings is 1. The highest BCUT2D eigenvalue weighted by Crippen LogP contribution is 2.25. The maximum atomic E-state index is 12.6. The van der Waals surface area contributed by atoms with Gasteiger partial charge in [0, 0.05) is 26.2 Å². The summed E-state index contributed by atoms with van der Waals surface area (Å²) in [7, 11) is 0. The minimum absolute atomic E-state index is 0.180. The lowest BCUT2D eigenvalue weighted by molar-refractivity contribution is -0.152. The molecule has 5 nitrogen and oxygen atoms in total. The summed E-state index contributed by atoms with van der Waals surface area (Å²) in [6.07, 6.45) is 8.95. The fourth-order valence-corrected chi connectivity index (χ4v) is 4.03. The van der Waals surface area contributed by atoms with E-state index in [1.54, 1.807) is 0 Å². The van der Waals surface area contributed by atoms with Gasteiger partial charge in [0.1, 0.15) is 6.10 Å². The minimum atomic E-state index is -0.264. The summed E-state index contributed by atoms with van der Waals surface area (Å²) in [4.78, 5) is 16.9. The van der Waals surface area contributed by atoms with Crippen LogP contribution >= 0.6 is 0 Å². The van der Waals surface area contributed by atoms with Crippen molar-refractivity contribution in [3.63, 3.8) is 0 Å². The van der Waals surface area contributed by atoms with Gasteiger partial charge in [0.05, 0.1) is 18.8 Å². The summed E-state index contributed by atoms with van der Waals surface area (Å²) in [6.45, 7) is 7.13. The molecule has 2 aliphatic heterocycles. The van der Waals surface area contributed by atoms with Crippen molar-refractivity contribution in [3.05, 3.63) is 0 Å². The van der Waals surface area contributed by atoms with Gasteiger partial charge in [-0.25, -0.2) is 0 Å². The largest absolute Gasteiger partial charge is 0.375 e. The number of carbonyl (C=O) groups excluding carboxylic acids is 1. The van der Waals surface area contributed by atoms with Crippen LogP contribution in [0.4, 0.5) is 0 Å².